The van der Waals surface area contributed by atoms with Crippen LogP contribution in [-0.2, 0) is 0 Å². The van der Waals surface area contributed by atoms with Gasteiger partial charge in [0.2, 0.25) is 6.79 Å². The summed E-state index contributed by atoms with van der Waals surface area (Å²) in [4.78, 5) is 13.0. The van der Waals surface area contributed by atoms with Crippen molar-refractivity contribution in [1.29, 1.82) is 0 Å². The summed E-state index contributed by atoms with van der Waals surface area (Å²) in [6.45, 7) is 0.0814. The first-order chi connectivity index (χ1) is 15.8. The molecule has 1 amide bonds. The van der Waals surface area contributed by atoms with Crippen LogP contribution in [0.2, 0.25) is 0 Å². The molecule has 0 aliphatic carbocycles. The van der Waals surface area contributed by atoms with Crippen molar-refractivity contribution >= 4 is 17.4 Å². The second-order valence-electron chi connectivity index (χ2n) is 7.64. The molecule has 0 radical (unpaired) electrons. The maximum atomic E-state index is 13.9. The van der Waals surface area contributed by atoms with Gasteiger partial charge in [0.1, 0.15) is 17.1 Å². The molecular formula is C22H19F3N4O4. The third-order valence-corrected chi connectivity index (χ3v) is 5.61. The molecule has 33 heavy (non-hydrogen) atoms. The average Bonchev–Trinajstić information content (AvgIpc) is 3.44. The molecule has 2 atom stereocenters. The van der Waals surface area contributed by atoms with E-state index in [4.69, 9.17) is 14.2 Å². The van der Waals surface area contributed by atoms with Crippen LogP contribution in [0.1, 0.15) is 34.4 Å². The summed E-state index contributed by atoms with van der Waals surface area (Å²) in [5.41, 5.74) is 1.02. The highest BCUT2D eigenvalue weighted by Crippen LogP contribution is 2.45. The van der Waals surface area contributed by atoms with Gasteiger partial charge in [-0.15, -0.1) is 0 Å². The van der Waals surface area contributed by atoms with E-state index in [2.05, 4.69) is 15.7 Å². The molecule has 2 aliphatic heterocycles. The van der Waals surface area contributed by atoms with E-state index in [0.717, 1.165) is 10.9 Å². The number of halogens is 3. The van der Waals surface area contributed by atoms with Gasteiger partial charge in [-0.25, -0.2) is 4.68 Å². The number of nitrogens with zero attached hydrogens (tertiary/aromatic N) is 2. The number of hydrogen-bond acceptors (Lipinski definition) is 6. The molecule has 3 aromatic rings. The first kappa shape index (κ1) is 21.0. The first-order valence-corrected chi connectivity index (χ1v) is 10.1. The number of alkyl halides is 3. The molecule has 2 aliphatic rings. The molecule has 2 N–H and O–H groups in total. The highest BCUT2D eigenvalue weighted by molar-refractivity contribution is 6.07. The highest BCUT2D eigenvalue weighted by Gasteiger charge is 2.47. The van der Waals surface area contributed by atoms with E-state index < -0.39 is 24.2 Å². The second-order valence-corrected chi connectivity index (χ2v) is 7.64. The minimum Gasteiger partial charge on any atom is -0.497 e. The minimum atomic E-state index is -4.55. The lowest BCUT2D eigenvalue weighted by Crippen LogP contribution is -2.36. The maximum absolute atomic E-state index is 13.9. The van der Waals surface area contributed by atoms with Gasteiger partial charge in [0.25, 0.3) is 5.91 Å². The number of carbonyl (C=O) groups is 1. The quantitative estimate of drug-likeness (QED) is 0.595. The summed E-state index contributed by atoms with van der Waals surface area (Å²) < 4.78 is 58.3. The number of amides is 1. The summed E-state index contributed by atoms with van der Waals surface area (Å²) in [7, 11) is 1.49. The van der Waals surface area contributed by atoms with Gasteiger partial charge in [0.05, 0.1) is 19.3 Å². The normalized spacial score (nSPS) is 18.9. The molecule has 172 valence electrons. The van der Waals surface area contributed by atoms with Crippen LogP contribution < -0.4 is 24.8 Å². The lowest BCUT2D eigenvalue weighted by Gasteiger charge is -2.34. The number of methoxy groups -OCH3 is 1. The Hall–Kier alpha value is -3.89. The summed E-state index contributed by atoms with van der Waals surface area (Å²) in [5.74, 6) is 0.937. The summed E-state index contributed by atoms with van der Waals surface area (Å²) in [6.07, 6.45) is -3.70. The van der Waals surface area contributed by atoms with Gasteiger partial charge in [0, 0.05) is 18.2 Å². The van der Waals surface area contributed by atoms with Gasteiger partial charge < -0.3 is 24.8 Å². The van der Waals surface area contributed by atoms with Gasteiger partial charge in [-0.3, -0.25) is 4.79 Å². The molecule has 11 heteroatoms. The summed E-state index contributed by atoms with van der Waals surface area (Å²) in [6, 6.07) is 9.05. The predicted octanol–water partition coefficient (Wildman–Crippen LogP) is 4.53. The number of hydrogen-bond donors (Lipinski definition) is 2. The van der Waals surface area contributed by atoms with E-state index in [-0.39, 0.29) is 24.6 Å². The SMILES string of the molecule is COc1cccc([C@H]2C[C@@H](C(F)(F)F)n3ncc(C(=O)Nc4ccc5c(c4)OCO5)c3N2)c1. The fourth-order valence-corrected chi connectivity index (χ4v) is 3.98. The number of aromatic nitrogens is 2. The largest absolute Gasteiger partial charge is 0.497 e. The van der Waals surface area contributed by atoms with Crippen LogP contribution >= 0.6 is 0 Å². The molecule has 0 spiro atoms. The van der Waals surface area contributed by atoms with Crippen molar-refractivity contribution in [3.05, 3.63) is 59.8 Å². The number of benzene rings is 2. The van der Waals surface area contributed by atoms with Gasteiger partial charge in [0.15, 0.2) is 17.5 Å². The molecule has 0 unspecified atom stereocenters. The minimum absolute atomic E-state index is 0.00496. The van der Waals surface area contributed by atoms with E-state index in [1.165, 1.54) is 7.11 Å². The monoisotopic (exact) mass is 460 g/mol. The number of nitrogens with one attached hydrogen (secondary N) is 2. The molecule has 0 fully saturated rings. The van der Waals surface area contributed by atoms with E-state index in [0.29, 0.717) is 28.5 Å². The molecule has 0 saturated carbocycles. The Morgan fingerprint density at radius 2 is 2.03 bits per heavy atom. The Morgan fingerprint density at radius 1 is 1.21 bits per heavy atom. The average molecular weight is 460 g/mol. The lowest BCUT2D eigenvalue weighted by atomic mass is 9.96. The molecule has 0 bridgehead atoms. The molecule has 3 heterocycles. The maximum Gasteiger partial charge on any atom is 0.410 e. The van der Waals surface area contributed by atoms with Crippen molar-refractivity contribution in [2.45, 2.75) is 24.7 Å². The van der Waals surface area contributed by atoms with Crippen molar-refractivity contribution in [2.24, 2.45) is 0 Å². The van der Waals surface area contributed by atoms with Crippen LogP contribution in [0.4, 0.5) is 24.7 Å². The Morgan fingerprint density at radius 3 is 2.82 bits per heavy atom. The standard InChI is InChI=1S/C22H19F3N4O4/c1-31-14-4-2-3-12(7-14)16-9-19(22(23,24)25)29-20(28-16)15(10-26-29)21(30)27-13-5-6-17-18(8-13)33-11-32-17/h2-8,10,16,19,28H,9,11H2,1H3,(H,27,30)/t16-,19+/m1/s1. The molecule has 5 rings (SSSR count). The van der Waals surface area contributed by atoms with Gasteiger partial charge in [-0.1, -0.05) is 12.1 Å². The van der Waals surface area contributed by atoms with Crippen LogP contribution in [0.5, 0.6) is 17.2 Å². The number of ether oxygens (including phenoxy) is 3. The van der Waals surface area contributed by atoms with Crippen LogP contribution in [0.15, 0.2) is 48.7 Å². The Labute approximate surface area is 186 Å². The lowest BCUT2D eigenvalue weighted by molar-refractivity contribution is -0.173. The zero-order chi connectivity index (χ0) is 23.2. The second kappa shape index (κ2) is 7.91. The van der Waals surface area contributed by atoms with Crippen LogP contribution in [0.3, 0.4) is 0 Å². The van der Waals surface area contributed by atoms with E-state index in [9.17, 15) is 18.0 Å². The fourth-order valence-electron chi connectivity index (χ4n) is 3.98. The Bertz CT molecular complexity index is 1210. The van der Waals surface area contributed by atoms with Crippen LogP contribution in [-0.4, -0.2) is 35.8 Å². The zero-order valence-corrected chi connectivity index (χ0v) is 17.3. The predicted molar refractivity (Wildman–Crippen MR) is 112 cm³/mol. The highest BCUT2D eigenvalue weighted by atomic mass is 19.4. The third kappa shape index (κ3) is 3.90. The van der Waals surface area contributed by atoms with Crippen molar-refractivity contribution in [1.82, 2.24) is 9.78 Å². The van der Waals surface area contributed by atoms with E-state index in [1.54, 1.807) is 42.5 Å². The molecule has 1 aromatic heterocycles. The van der Waals surface area contributed by atoms with Gasteiger partial charge in [-0.05, 0) is 29.8 Å². The number of carbonyl (C=O) groups excluding carboxylic acids is 1. The zero-order valence-electron chi connectivity index (χ0n) is 17.3. The molecule has 2 aromatic carbocycles. The van der Waals surface area contributed by atoms with Crippen molar-refractivity contribution < 1.29 is 32.2 Å². The molecule has 8 nitrogen and oxygen atoms in total. The van der Waals surface area contributed by atoms with E-state index in [1.807, 2.05) is 0 Å². The summed E-state index contributed by atoms with van der Waals surface area (Å²) in [5, 5.41) is 9.64. The number of fused-ring (bicyclic) bond motifs is 2. The van der Waals surface area contributed by atoms with Gasteiger partial charge >= 0.3 is 6.18 Å². The van der Waals surface area contributed by atoms with Crippen molar-refractivity contribution in [2.75, 3.05) is 24.5 Å². The molecule has 0 saturated heterocycles. The number of rotatable bonds is 4. The third-order valence-electron chi connectivity index (χ3n) is 5.61. The molecular weight excluding hydrogens is 441 g/mol. The smallest absolute Gasteiger partial charge is 0.410 e. The van der Waals surface area contributed by atoms with Crippen molar-refractivity contribution in [3.8, 4) is 17.2 Å². The van der Waals surface area contributed by atoms with Crippen LogP contribution in [0.25, 0.3) is 0 Å². The Balaban J connectivity index is 1.47. The fraction of sp³-hybridized carbons (Fsp3) is 0.273. The van der Waals surface area contributed by atoms with Crippen molar-refractivity contribution in [3.63, 3.8) is 0 Å². The Kier molecular flexibility index (Phi) is 5.03. The van der Waals surface area contributed by atoms with Crippen LogP contribution in [0, 0.1) is 0 Å². The first-order valence-electron chi connectivity index (χ1n) is 10.1. The summed E-state index contributed by atoms with van der Waals surface area (Å²) >= 11 is 0. The van der Waals surface area contributed by atoms with Gasteiger partial charge in [-0.2, -0.15) is 18.3 Å². The van der Waals surface area contributed by atoms with E-state index >= 15 is 0 Å². The number of anilines is 2. The topological polar surface area (TPSA) is 86.6 Å².